The molecule has 4 nitrogen and oxygen atoms in total. The molecule has 1 aromatic heterocycles. The Morgan fingerprint density at radius 2 is 2.00 bits per heavy atom. The van der Waals surface area contributed by atoms with Crippen LogP contribution in [0.15, 0.2) is 24.3 Å². The molecule has 0 aliphatic heterocycles. The third-order valence-corrected chi connectivity index (χ3v) is 2.67. The van der Waals surface area contributed by atoms with Crippen molar-refractivity contribution in [1.29, 1.82) is 0 Å². The standard InChI is InChI=1S/C13H15N3O/c1-8-6-9(2)16(15-8)11-4-5-13(14)12(7-11)10(3)17/h4-7H,14H2,1-3H3. The maximum atomic E-state index is 11.4. The fourth-order valence-electron chi connectivity index (χ4n) is 1.87. The first kappa shape index (κ1) is 11.4. The lowest BCUT2D eigenvalue weighted by atomic mass is 10.1. The maximum absolute atomic E-state index is 11.4. The summed E-state index contributed by atoms with van der Waals surface area (Å²) in [6.07, 6.45) is 0. The van der Waals surface area contributed by atoms with Crippen LogP contribution in [0.3, 0.4) is 0 Å². The van der Waals surface area contributed by atoms with E-state index >= 15 is 0 Å². The zero-order valence-electron chi connectivity index (χ0n) is 10.2. The predicted octanol–water partition coefficient (Wildman–Crippen LogP) is 2.27. The van der Waals surface area contributed by atoms with Gasteiger partial charge in [0.15, 0.2) is 5.78 Å². The Bertz CT molecular complexity index is 584. The van der Waals surface area contributed by atoms with Crippen LogP contribution < -0.4 is 5.73 Å². The van der Waals surface area contributed by atoms with Crippen molar-refractivity contribution in [2.45, 2.75) is 20.8 Å². The van der Waals surface area contributed by atoms with E-state index in [0.717, 1.165) is 17.1 Å². The Kier molecular flexibility index (Phi) is 2.71. The summed E-state index contributed by atoms with van der Waals surface area (Å²) in [4.78, 5) is 11.4. The smallest absolute Gasteiger partial charge is 0.161 e. The maximum Gasteiger partial charge on any atom is 0.161 e. The minimum absolute atomic E-state index is 0.0362. The molecule has 0 fully saturated rings. The minimum atomic E-state index is -0.0362. The van der Waals surface area contributed by atoms with Crippen molar-refractivity contribution in [3.05, 3.63) is 41.2 Å². The zero-order chi connectivity index (χ0) is 12.6. The van der Waals surface area contributed by atoms with Crippen LogP contribution in [-0.4, -0.2) is 15.6 Å². The number of hydrogen-bond donors (Lipinski definition) is 1. The normalized spacial score (nSPS) is 10.5. The number of carbonyl (C=O) groups excluding carboxylic acids is 1. The van der Waals surface area contributed by atoms with Crippen LogP contribution in [0, 0.1) is 13.8 Å². The molecule has 0 bridgehead atoms. The van der Waals surface area contributed by atoms with Crippen molar-refractivity contribution in [3.8, 4) is 5.69 Å². The van der Waals surface area contributed by atoms with E-state index in [-0.39, 0.29) is 5.78 Å². The van der Waals surface area contributed by atoms with Gasteiger partial charge < -0.3 is 5.73 Å². The van der Waals surface area contributed by atoms with Crippen LogP contribution in [0.1, 0.15) is 28.7 Å². The number of nitrogens with two attached hydrogens (primary N) is 1. The molecule has 1 aromatic carbocycles. The summed E-state index contributed by atoms with van der Waals surface area (Å²) in [5.41, 5.74) is 9.63. The first-order valence-corrected chi connectivity index (χ1v) is 5.43. The Balaban J connectivity index is 2.57. The molecule has 2 rings (SSSR count). The monoisotopic (exact) mass is 229 g/mol. The molecular formula is C13H15N3O. The van der Waals surface area contributed by atoms with Gasteiger partial charge in [0.25, 0.3) is 0 Å². The van der Waals surface area contributed by atoms with Crippen molar-refractivity contribution >= 4 is 11.5 Å². The number of aryl methyl sites for hydroxylation is 2. The van der Waals surface area contributed by atoms with E-state index in [4.69, 9.17) is 5.73 Å². The van der Waals surface area contributed by atoms with Crippen molar-refractivity contribution in [3.63, 3.8) is 0 Å². The molecular weight excluding hydrogens is 214 g/mol. The van der Waals surface area contributed by atoms with E-state index in [2.05, 4.69) is 5.10 Å². The first-order valence-electron chi connectivity index (χ1n) is 5.43. The van der Waals surface area contributed by atoms with Crippen molar-refractivity contribution in [1.82, 2.24) is 9.78 Å². The molecule has 88 valence electrons. The molecule has 0 amide bonds. The summed E-state index contributed by atoms with van der Waals surface area (Å²) < 4.78 is 1.81. The Morgan fingerprint density at radius 3 is 2.53 bits per heavy atom. The van der Waals surface area contributed by atoms with Crippen molar-refractivity contribution < 1.29 is 4.79 Å². The molecule has 0 spiro atoms. The molecule has 0 aliphatic rings. The van der Waals surface area contributed by atoms with Gasteiger partial charge in [-0.25, -0.2) is 4.68 Å². The molecule has 2 aromatic rings. The summed E-state index contributed by atoms with van der Waals surface area (Å²) in [6.45, 7) is 5.42. The van der Waals surface area contributed by atoms with E-state index < -0.39 is 0 Å². The Hall–Kier alpha value is -2.10. The Labute approximate surface area is 100 Å². The first-order chi connectivity index (χ1) is 7.99. The molecule has 0 atom stereocenters. The summed E-state index contributed by atoms with van der Waals surface area (Å²) in [6, 6.07) is 7.37. The SMILES string of the molecule is CC(=O)c1cc(-n2nc(C)cc2C)ccc1N. The van der Waals surface area contributed by atoms with Gasteiger partial charge in [0.05, 0.1) is 11.4 Å². The number of rotatable bonds is 2. The second kappa shape index (κ2) is 4.05. The minimum Gasteiger partial charge on any atom is -0.398 e. The van der Waals surface area contributed by atoms with Crippen LogP contribution in [0.25, 0.3) is 5.69 Å². The van der Waals surface area contributed by atoms with Gasteiger partial charge in [-0.3, -0.25) is 4.79 Å². The number of carbonyl (C=O) groups is 1. The highest BCUT2D eigenvalue weighted by Gasteiger charge is 2.09. The highest BCUT2D eigenvalue weighted by molar-refractivity contribution is 5.99. The molecule has 0 radical (unpaired) electrons. The molecule has 0 saturated carbocycles. The highest BCUT2D eigenvalue weighted by Crippen LogP contribution is 2.19. The lowest BCUT2D eigenvalue weighted by Crippen LogP contribution is -2.04. The number of hydrogen-bond acceptors (Lipinski definition) is 3. The average molecular weight is 229 g/mol. The molecule has 0 unspecified atom stereocenters. The van der Waals surface area contributed by atoms with Crippen molar-refractivity contribution in [2.24, 2.45) is 0 Å². The third-order valence-electron chi connectivity index (χ3n) is 2.67. The van der Waals surface area contributed by atoms with Gasteiger partial charge in [0.2, 0.25) is 0 Å². The van der Waals surface area contributed by atoms with Crippen LogP contribution in [0.5, 0.6) is 0 Å². The molecule has 2 N–H and O–H groups in total. The largest absolute Gasteiger partial charge is 0.398 e. The fourth-order valence-corrected chi connectivity index (χ4v) is 1.87. The number of aromatic nitrogens is 2. The topological polar surface area (TPSA) is 60.9 Å². The van der Waals surface area contributed by atoms with E-state index in [1.807, 2.05) is 26.0 Å². The summed E-state index contributed by atoms with van der Waals surface area (Å²) in [5.74, 6) is -0.0362. The van der Waals surface area contributed by atoms with Gasteiger partial charge in [-0.2, -0.15) is 5.10 Å². The van der Waals surface area contributed by atoms with Crippen molar-refractivity contribution in [2.75, 3.05) is 5.73 Å². The van der Waals surface area contributed by atoms with Gasteiger partial charge in [-0.1, -0.05) is 0 Å². The second-order valence-corrected chi connectivity index (χ2v) is 4.17. The summed E-state index contributed by atoms with van der Waals surface area (Å²) in [7, 11) is 0. The number of nitrogens with zero attached hydrogens (tertiary/aromatic N) is 2. The van der Waals surface area contributed by atoms with E-state index in [1.54, 1.807) is 16.8 Å². The Morgan fingerprint density at radius 1 is 1.29 bits per heavy atom. The number of Topliss-reactive ketones (excluding diaryl/α,β-unsaturated/α-hetero) is 1. The zero-order valence-corrected chi connectivity index (χ0v) is 10.2. The lowest BCUT2D eigenvalue weighted by molar-refractivity contribution is 0.101. The van der Waals surface area contributed by atoms with Gasteiger partial charge in [0, 0.05) is 16.9 Å². The molecule has 1 heterocycles. The quantitative estimate of drug-likeness (QED) is 0.634. The predicted molar refractivity (Wildman–Crippen MR) is 67.5 cm³/mol. The number of anilines is 1. The van der Waals surface area contributed by atoms with Crippen LogP contribution in [0.4, 0.5) is 5.69 Å². The number of benzene rings is 1. The summed E-state index contributed by atoms with van der Waals surface area (Å²) >= 11 is 0. The van der Waals surface area contributed by atoms with Gasteiger partial charge in [-0.15, -0.1) is 0 Å². The van der Waals surface area contributed by atoms with E-state index in [0.29, 0.717) is 11.3 Å². The van der Waals surface area contributed by atoms with E-state index in [1.165, 1.54) is 6.92 Å². The lowest BCUT2D eigenvalue weighted by Gasteiger charge is -2.08. The molecule has 17 heavy (non-hydrogen) atoms. The van der Waals surface area contributed by atoms with Crippen LogP contribution in [-0.2, 0) is 0 Å². The van der Waals surface area contributed by atoms with Crippen LogP contribution >= 0.6 is 0 Å². The molecule has 4 heteroatoms. The fraction of sp³-hybridized carbons (Fsp3) is 0.231. The highest BCUT2D eigenvalue weighted by atomic mass is 16.1. The third kappa shape index (κ3) is 2.06. The summed E-state index contributed by atoms with van der Waals surface area (Å²) in [5, 5.41) is 4.38. The van der Waals surface area contributed by atoms with Gasteiger partial charge in [0.1, 0.15) is 0 Å². The second-order valence-electron chi connectivity index (χ2n) is 4.17. The van der Waals surface area contributed by atoms with Gasteiger partial charge >= 0.3 is 0 Å². The number of nitrogen functional groups attached to an aromatic ring is 1. The van der Waals surface area contributed by atoms with E-state index in [9.17, 15) is 4.79 Å². The molecule has 0 saturated heterocycles. The number of ketones is 1. The molecule has 0 aliphatic carbocycles. The van der Waals surface area contributed by atoms with Gasteiger partial charge in [-0.05, 0) is 45.0 Å². The average Bonchev–Trinajstić information content (AvgIpc) is 2.58. The van der Waals surface area contributed by atoms with Crippen LogP contribution in [0.2, 0.25) is 0 Å².